The molecule has 24 heavy (non-hydrogen) atoms. The van der Waals surface area contributed by atoms with Gasteiger partial charge in [0.15, 0.2) is 5.16 Å². The molecule has 0 aromatic carbocycles. The number of rotatable bonds is 4. The molecule has 1 unspecified atom stereocenters. The number of thioether (sulfide) groups is 1. The van der Waals surface area contributed by atoms with Crippen molar-refractivity contribution in [2.75, 3.05) is 31.1 Å². The van der Waals surface area contributed by atoms with Crippen molar-refractivity contribution in [1.82, 2.24) is 14.9 Å². The first-order valence-electron chi connectivity index (χ1n) is 9.16. The third kappa shape index (κ3) is 3.28. The standard InChI is InChI=1S/C18H26N4S2/c1-12-6-5-7-13-14(12)15-16(19)20-18(21-17(15)24-13)23-11-10-22-8-3-2-4-9-22/h12H,2-11H2,1H3,(H2,19,20,21). The molecule has 1 atom stereocenters. The highest BCUT2D eigenvalue weighted by molar-refractivity contribution is 7.99. The van der Waals surface area contributed by atoms with Crippen molar-refractivity contribution >= 4 is 39.1 Å². The highest BCUT2D eigenvalue weighted by atomic mass is 32.2. The first kappa shape index (κ1) is 16.6. The van der Waals surface area contributed by atoms with Gasteiger partial charge in [0, 0.05) is 17.2 Å². The number of hydrogen-bond acceptors (Lipinski definition) is 6. The number of nitrogen functional groups attached to an aromatic ring is 1. The van der Waals surface area contributed by atoms with Gasteiger partial charge in [0.25, 0.3) is 0 Å². The molecule has 1 fully saturated rings. The van der Waals surface area contributed by atoms with Crippen LogP contribution in [0.2, 0.25) is 0 Å². The van der Waals surface area contributed by atoms with Crippen LogP contribution in [0.15, 0.2) is 5.16 Å². The second kappa shape index (κ2) is 7.18. The lowest BCUT2D eigenvalue weighted by Gasteiger charge is -2.25. The molecule has 130 valence electrons. The third-order valence-electron chi connectivity index (χ3n) is 5.29. The maximum absolute atomic E-state index is 6.33. The summed E-state index contributed by atoms with van der Waals surface area (Å²) >= 11 is 3.59. The van der Waals surface area contributed by atoms with Crippen LogP contribution >= 0.6 is 23.1 Å². The zero-order valence-corrected chi connectivity index (χ0v) is 16.0. The molecular weight excluding hydrogens is 336 g/mol. The second-order valence-electron chi connectivity index (χ2n) is 7.05. The van der Waals surface area contributed by atoms with Crippen molar-refractivity contribution in [2.24, 2.45) is 0 Å². The number of nitrogens with zero attached hydrogens (tertiary/aromatic N) is 3. The molecule has 2 aromatic heterocycles. The van der Waals surface area contributed by atoms with Gasteiger partial charge in [-0.2, -0.15) is 0 Å². The van der Waals surface area contributed by atoms with Gasteiger partial charge in [-0.1, -0.05) is 25.1 Å². The normalized spacial score (nSPS) is 22.0. The fraction of sp³-hybridized carbons (Fsp3) is 0.667. The summed E-state index contributed by atoms with van der Waals surface area (Å²) in [4.78, 5) is 14.6. The Kier molecular flexibility index (Phi) is 4.97. The Balaban J connectivity index is 1.50. The Bertz CT molecular complexity index is 721. The molecule has 0 saturated carbocycles. The zero-order chi connectivity index (χ0) is 16.5. The number of aromatic nitrogens is 2. The summed E-state index contributed by atoms with van der Waals surface area (Å²) in [6, 6.07) is 0. The topological polar surface area (TPSA) is 55.0 Å². The van der Waals surface area contributed by atoms with Crippen molar-refractivity contribution in [3.05, 3.63) is 10.4 Å². The molecule has 4 rings (SSSR count). The molecule has 1 aliphatic heterocycles. The van der Waals surface area contributed by atoms with E-state index in [1.807, 2.05) is 11.3 Å². The third-order valence-corrected chi connectivity index (χ3v) is 7.28. The number of nitrogens with two attached hydrogens (primary N) is 1. The van der Waals surface area contributed by atoms with E-state index in [2.05, 4.69) is 16.8 Å². The Morgan fingerprint density at radius 3 is 2.88 bits per heavy atom. The van der Waals surface area contributed by atoms with Crippen LogP contribution in [0.4, 0.5) is 5.82 Å². The zero-order valence-electron chi connectivity index (χ0n) is 14.4. The van der Waals surface area contributed by atoms with Gasteiger partial charge < -0.3 is 10.6 Å². The highest BCUT2D eigenvalue weighted by Gasteiger charge is 2.25. The fourth-order valence-corrected chi connectivity index (χ4v) is 6.26. The van der Waals surface area contributed by atoms with Crippen LogP contribution in [0, 0.1) is 0 Å². The Hall–Kier alpha value is -0.850. The summed E-state index contributed by atoms with van der Waals surface area (Å²) in [5.41, 5.74) is 7.77. The van der Waals surface area contributed by atoms with Crippen LogP contribution in [-0.4, -0.2) is 40.3 Å². The molecule has 2 N–H and O–H groups in total. The number of piperidine rings is 1. The largest absolute Gasteiger partial charge is 0.383 e. The van der Waals surface area contributed by atoms with Gasteiger partial charge in [-0.25, -0.2) is 9.97 Å². The summed E-state index contributed by atoms with van der Waals surface area (Å²) < 4.78 is 0. The van der Waals surface area contributed by atoms with Crippen molar-refractivity contribution in [3.8, 4) is 0 Å². The molecule has 2 aromatic rings. The number of fused-ring (bicyclic) bond motifs is 3. The molecule has 0 spiro atoms. The van der Waals surface area contributed by atoms with Crippen LogP contribution in [0.5, 0.6) is 0 Å². The van der Waals surface area contributed by atoms with E-state index in [1.54, 1.807) is 11.8 Å². The van der Waals surface area contributed by atoms with E-state index in [4.69, 9.17) is 10.7 Å². The lowest BCUT2D eigenvalue weighted by molar-refractivity contribution is 0.242. The van der Waals surface area contributed by atoms with Crippen LogP contribution in [0.1, 0.15) is 55.4 Å². The van der Waals surface area contributed by atoms with Crippen LogP contribution in [0.3, 0.4) is 0 Å². The van der Waals surface area contributed by atoms with Gasteiger partial charge in [0.05, 0.1) is 5.39 Å². The number of aryl methyl sites for hydroxylation is 1. The van der Waals surface area contributed by atoms with E-state index in [9.17, 15) is 0 Å². The summed E-state index contributed by atoms with van der Waals surface area (Å²) in [7, 11) is 0. The molecule has 4 nitrogen and oxygen atoms in total. The number of thiophene rings is 1. The molecule has 3 heterocycles. The van der Waals surface area contributed by atoms with E-state index < -0.39 is 0 Å². The maximum atomic E-state index is 6.33. The average Bonchev–Trinajstić information content (AvgIpc) is 2.96. The lowest BCUT2D eigenvalue weighted by atomic mass is 9.87. The van der Waals surface area contributed by atoms with Gasteiger partial charge in [-0.3, -0.25) is 0 Å². The summed E-state index contributed by atoms with van der Waals surface area (Å²) in [5, 5.41) is 1.99. The molecule has 1 saturated heterocycles. The molecule has 0 radical (unpaired) electrons. The van der Waals surface area contributed by atoms with Gasteiger partial charge >= 0.3 is 0 Å². The van der Waals surface area contributed by atoms with Crippen molar-refractivity contribution in [1.29, 1.82) is 0 Å². The lowest BCUT2D eigenvalue weighted by Crippen LogP contribution is -2.31. The first-order valence-corrected chi connectivity index (χ1v) is 11.0. The molecular formula is C18H26N4S2. The molecule has 2 aliphatic rings. The minimum atomic E-state index is 0.589. The van der Waals surface area contributed by atoms with E-state index in [1.165, 1.54) is 62.1 Å². The van der Waals surface area contributed by atoms with Crippen molar-refractivity contribution in [3.63, 3.8) is 0 Å². The van der Waals surface area contributed by atoms with Crippen LogP contribution in [0.25, 0.3) is 10.2 Å². The fourth-order valence-electron chi connectivity index (χ4n) is 4.01. The van der Waals surface area contributed by atoms with Gasteiger partial charge in [0.2, 0.25) is 0 Å². The average molecular weight is 363 g/mol. The van der Waals surface area contributed by atoms with Gasteiger partial charge in [-0.15, -0.1) is 11.3 Å². The molecule has 0 amide bonds. The number of anilines is 1. The number of hydrogen-bond donors (Lipinski definition) is 1. The Labute approximate surface area is 152 Å². The van der Waals surface area contributed by atoms with E-state index >= 15 is 0 Å². The quantitative estimate of drug-likeness (QED) is 0.649. The molecule has 6 heteroatoms. The second-order valence-corrected chi connectivity index (χ2v) is 9.20. The summed E-state index contributed by atoms with van der Waals surface area (Å²) in [6.07, 6.45) is 7.80. The van der Waals surface area contributed by atoms with Gasteiger partial charge in [0.1, 0.15) is 10.6 Å². The monoisotopic (exact) mass is 362 g/mol. The van der Waals surface area contributed by atoms with E-state index in [0.717, 1.165) is 27.7 Å². The number of likely N-dealkylation sites (tertiary alicyclic amines) is 1. The minimum absolute atomic E-state index is 0.589. The van der Waals surface area contributed by atoms with Crippen molar-refractivity contribution < 1.29 is 0 Å². The smallest absolute Gasteiger partial charge is 0.190 e. The van der Waals surface area contributed by atoms with Crippen molar-refractivity contribution in [2.45, 2.75) is 56.5 Å². The highest BCUT2D eigenvalue weighted by Crippen LogP contribution is 2.43. The van der Waals surface area contributed by atoms with E-state index in [-0.39, 0.29) is 0 Å². The Morgan fingerprint density at radius 2 is 2.04 bits per heavy atom. The summed E-state index contributed by atoms with van der Waals surface area (Å²) in [6.45, 7) is 5.94. The maximum Gasteiger partial charge on any atom is 0.190 e. The predicted molar refractivity (Wildman–Crippen MR) is 104 cm³/mol. The molecule has 1 aliphatic carbocycles. The predicted octanol–water partition coefficient (Wildman–Crippen LogP) is 4.29. The molecule has 0 bridgehead atoms. The summed E-state index contributed by atoms with van der Waals surface area (Å²) in [5.74, 6) is 2.32. The van der Waals surface area contributed by atoms with Gasteiger partial charge in [-0.05, 0) is 56.7 Å². The SMILES string of the molecule is CC1CCCc2sc3nc(SCCN4CCCCC4)nc(N)c3c21. The minimum Gasteiger partial charge on any atom is -0.383 e. The van der Waals surface area contributed by atoms with Crippen LogP contribution in [-0.2, 0) is 6.42 Å². The first-order chi connectivity index (χ1) is 11.7. The Morgan fingerprint density at radius 1 is 1.21 bits per heavy atom. The van der Waals surface area contributed by atoms with E-state index in [0.29, 0.717) is 11.7 Å². The van der Waals surface area contributed by atoms with Crippen LogP contribution < -0.4 is 5.73 Å².